The summed E-state index contributed by atoms with van der Waals surface area (Å²) in [5, 5.41) is 41.4. The average Bonchev–Trinajstić information content (AvgIpc) is 3.31. The van der Waals surface area contributed by atoms with Crippen molar-refractivity contribution in [2.24, 2.45) is 0 Å². The molecule has 3 aromatic carbocycles. The van der Waals surface area contributed by atoms with Crippen LogP contribution in [-0.4, -0.2) is 78.7 Å². The number of aliphatic carboxylic acids is 1. The Labute approximate surface area is 276 Å². The van der Waals surface area contributed by atoms with Crippen molar-refractivity contribution in [1.82, 2.24) is 4.57 Å². The van der Waals surface area contributed by atoms with Gasteiger partial charge in [0.15, 0.2) is 0 Å². The Morgan fingerprint density at radius 1 is 0.818 bits per heavy atom. The number of aliphatic hydroxyl groups excluding tert-OH is 2. The second-order valence-corrected chi connectivity index (χ2v) is 10.7. The third-order valence-electron chi connectivity index (χ3n) is 7.15. The van der Waals surface area contributed by atoms with Crippen molar-refractivity contribution in [2.45, 2.75) is 57.8 Å². The van der Waals surface area contributed by atoms with Crippen LogP contribution in [0.1, 0.15) is 55.3 Å². The van der Waals surface area contributed by atoms with Crippen LogP contribution in [0, 0.1) is 11.6 Å². The molecule has 1 amide bonds. The van der Waals surface area contributed by atoms with E-state index >= 15 is 0 Å². The molecule has 11 heteroatoms. The van der Waals surface area contributed by atoms with E-state index in [0.717, 1.165) is 0 Å². The molecule has 0 spiro atoms. The summed E-state index contributed by atoms with van der Waals surface area (Å²) in [4.78, 5) is 25.1. The SMILES string of the molecule is CC(C)n1c(CC[C@@H](O)C[C@@H](O)CC(=O)O)c(-c2ccc(F)cc2)c(-c2ccc(F)cc2)c1C(=O)N(O)c1ccccc1.[NaH]. The van der Waals surface area contributed by atoms with Crippen LogP contribution in [-0.2, 0) is 11.2 Å². The summed E-state index contributed by atoms with van der Waals surface area (Å²) in [7, 11) is 0. The Morgan fingerprint density at radius 2 is 1.34 bits per heavy atom. The van der Waals surface area contributed by atoms with Gasteiger partial charge < -0.3 is 19.9 Å². The van der Waals surface area contributed by atoms with Crippen LogP contribution in [0.25, 0.3) is 22.3 Å². The van der Waals surface area contributed by atoms with Gasteiger partial charge in [-0.2, -0.15) is 5.06 Å². The van der Waals surface area contributed by atoms with Gasteiger partial charge in [-0.05, 0) is 80.6 Å². The molecule has 4 rings (SSSR count). The number of carboxylic acid groups (broad SMARTS) is 1. The number of hydrogen-bond acceptors (Lipinski definition) is 5. The first-order valence-electron chi connectivity index (χ1n) is 13.9. The maximum absolute atomic E-state index is 14.2. The third-order valence-corrected chi connectivity index (χ3v) is 7.15. The van der Waals surface area contributed by atoms with Gasteiger partial charge in [-0.3, -0.25) is 14.8 Å². The van der Waals surface area contributed by atoms with E-state index in [2.05, 4.69) is 0 Å². The van der Waals surface area contributed by atoms with E-state index in [1.54, 1.807) is 47.0 Å². The Kier molecular flexibility index (Phi) is 12.4. The molecular formula is C33H35F2N2NaO6. The number of nitrogens with zero attached hydrogens (tertiary/aromatic N) is 2. The topological polar surface area (TPSA) is 123 Å². The fraction of sp³-hybridized carbons (Fsp3) is 0.273. The van der Waals surface area contributed by atoms with E-state index < -0.39 is 42.1 Å². The second kappa shape index (κ2) is 15.6. The van der Waals surface area contributed by atoms with E-state index in [4.69, 9.17) is 5.11 Å². The van der Waals surface area contributed by atoms with Crippen LogP contribution >= 0.6 is 0 Å². The number of hydrogen-bond donors (Lipinski definition) is 4. The van der Waals surface area contributed by atoms with E-state index in [0.29, 0.717) is 33.0 Å². The summed E-state index contributed by atoms with van der Waals surface area (Å²) in [6.45, 7) is 3.70. The summed E-state index contributed by atoms with van der Waals surface area (Å²) in [5.74, 6) is -2.90. The van der Waals surface area contributed by atoms with Gasteiger partial charge in [-0.15, -0.1) is 0 Å². The van der Waals surface area contributed by atoms with Crippen LogP contribution in [0.3, 0.4) is 0 Å². The summed E-state index contributed by atoms with van der Waals surface area (Å²) >= 11 is 0. The molecule has 4 aromatic rings. The number of benzene rings is 3. The fourth-order valence-electron chi connectivity index (χ4n) is 5.30. The summed E-state index contributed by atoms with van der Waals surface area (Å²) < 4.78 is 29.8. The van der Waals surface area contributed by atoms with Crippen LogP contribution < -0.4 is 5.06 Å². The second-order valence-electron chi connectivity index (χ2n) is 10.7. The predicted molar refractivity (Wildman–Crippen MR) is 165 cm³/mol. The third kappa shape index (κ3) is 8.20. The molecule has 0 aliphatic carbocycles. The molecule has 228 valence electrons. The Balaban J connectivity index is 0.00000529. The van der Waals surface area contributed by atoms with Crippen LogP contribution in [0.15, 0.2) is 78.9 Å². The number of anilines is 1. The summed E-state index contributed by atoms with van der Waals surface area (Å²) in [5.41, 5.74) is 2.85. The number of hydroxylamine groups is 1. The van der Waals surface area contributed by atoms with E-state index in [-0.39, 0.29) is 66.2 Å². The molecule has 0 aliphatic rings. The van der Waals surface area contributed by atoms with Crippen molar-refractivity contribution in [1.29, 1.82) is 0 Å². The standard InChI is InChI=1S/C33H34F2N2O6.Na.H/c1-20(2)36-28(17-16-26(38)18-27(39)19-29(40)41)30(21-8-12-23(34)13-9-21)31(22-10-14-24(35)15-11-22)32(36)33(42)37(43)25-6-4-3-5-7-25;;/h3-15,20,26-27,38-39,43H,16-19H2,1-2H3,(H,40,41);;/t26-,27-;;/m1../s1. The molecule has 1 heterocycles. The van der Waals surface area contributed by atoms with Crippen LogP contribution in [0.2, 0.25) is 0 Å². The molecule has 0 unspecified atom stereocenters. The van der Waals surface area contributed by atoms with E-state index in [9.17, 15) is 33.8 Å². The van der Waals surface area contributed by atoms with Crippen molar-refractivity contribution in [3.63, 3.8) is 0 Å². The van der Waals surface area contributed by atoms with Crippen molar-refractivity contribution < 1.29 is 38.9 Å². The number of carbonyl (C=O) groups excluding carboxylic acids is 1. The number of rotatable bonds is 12. The molecule has 0 radical (unpaired) electrons. The number of halogens is 2. The minimum absolute atomic E-state index is 0. The minimum atomic E-state index is -1.25. The van der Waals surface area contributed by atoms with Crippen LogP contribution in [0.4, 0.5) is 14.5 Å². The first-order valence-corrected chi connectivity index (χ1v) is 13.9. The zero-order chi connectivity index (χ0) is 31.3. The maximum atomic E-state index is 14.2. The number of aromatic nitrogens is 1. The zero-order valence-electron chi connectivity index (χ0n) is 23.8. The number of para-hydroxylation sites is 1. The van der Waals surface area contributed by atoms with Crippen molar-refractivity contribution in [2.75, 3.05) is 5.06 Å². The van der Waals surface area contributed by atoms with Crippen molar-refractivity contribution >= 4 is 47.1 Å². The monoisotopic (exact) mass is 616 g/mol. The predicted octanol–water partition coefficient (Wildman–Crippen LogP) is 5.59. The van der Waals surface area contributed by atoms with Gasteiger partial charge in [0.1, 0.15) is 17.3 Å². The molecule has 0 fully saturated rings. The average molecular weight is 617 g/mol. The molecule has 0 aliphatic heterocycles. The molecule has 4 N–H and O–H groups in total. The van der Waals surface area contributed by atoms with Gasteiger partial charge in [-0.1, -0.05) is 42.5 Å². The molecule has 44 heavy (non-hydrogen) atoms. The van der Waals surface area contributed by atoms with Gasteiger partial charge in [0, 0.05) is 22.9 Å². The van der Waals surface area contributed by atoms with Gasteiger partial charge >= 0.3 is 35.5 Å². The van der Waals surface area contributed by atoms with Gasteiger partial charge in [0.05, 0.1) is 24.3 Å². The van der Waals surface area contributed by atoms with Gasteiger partial charge in [0.25, 0.3) is 5.91 Å². The van der Waals surface area contributed by atoms with Crippen molar-refractivity contribution in [3.8, 4) is 22.3 Å². The first-order chi connectivity index (χ1) is 20.5. The molecular weight excluding hydrogens is 581 g/mol. The van der Waals surface area contributed by atoms with E-state index in [1.807, 2.05) is 13.8 Å². The quantitative estimate of drug-likeness (QED) is 0.0936. The number of amides is 1. The van der Waals surface area contributed by atoms with Gasteiger partial charge in [0.2, 0.25) is 0 Å². The Hall–Kier alpha value is -3.38. The van der Waals surface area contributed by atoms with E-state index in [1.165, 1.54) is 36.4 Å². The normalized spacial score (nSPS) is 12.5. The number of carbonyl (C=O) groups is 2. The molecule has 2 atom stereocenters. The fourth-order valence-corrected chi connectivity index (χ4v) is 5.30. The number of carboxylic acids is 1. The molecule has 8 nitrogen and oxygen atoms in total. The Bertz CT molecular complexity index is 1560. The van der Waals surface area contributed by atoms with Crippen LogP contribution in [0.5, 0.6) is 0 Å². The van der Waals surface area contributed by atoms with Crippen molar-refractivity contribution in [3.05, 3.63) is 102 Å². The zero-order valence-corrected chi connectivity index (χ0v) is 23.8. The first kappa shape index (κ1) is 35.1. The molecule has 0 bridgehead atoms. The number of aliphatic hydroxyl groups is 2. The summed E-state index contributed by atoms with van der Waals surface area (Å²) in [6, 6.07) is 19.1. The summed E-state index contributed by atoms with van der Waals surface area (Å²) in [6.07, 6.45) is -2.74. The van der Waals surface area contributed by atoms with Gasteiger partial charge in [-0.25, -0.2) is 8.78 Å². The molecule has 0 saturated carbocycles. The molecule has 0 saturated heterocycles. The molecule has 1 aromatic heterocycles. The Morgan fingerprint density at radius 3 is 1.84 bits per heavy atom.